The Hall–Kier alpha value is -2.64. The number of nitrogens with one attached hydrogen (secondary N) is 1. The van der Waals surface area contributed by atoms with E-state index >= 15 is 0 Å². The lowest BCUT2D eigenvalue weighted by atomic mass is 9.99. The first-order valence-electron chi connectivity index (χ1n) is 8.62. The third-order valence-corrected chi connectivity index (χ3v) is 5.61. The molecule has 0 fully saturated rings. The number of anilines is 1. The maximum atomic E-state index is 12.4. The maximum Gasteiger partial charge on any atom is 0.238 e. The summed E-state index contributed by atoms with van der Waals surface area (Å²) in [5, 5.41) is 12.1. The van der Waals surface area contributed by atoms with Crippen LogP contribution in [0, 0.1) is 0 Å². The minimum atomic E-state index is -3.41. The number of para-hydroxylation sites is 1. The molecule has 1 heterocycles. The van der Waals surface area contributed by atoms with Crippen LogP contribution in [0.1, 0.15) is 12.0 Å². The first-order chi connectivity index (χ1) is 12.8. The van der Waals surface area contributed by atoms with E-state index in [2.05, 4.69) is 11.4 Å². The van der Waals surface area contributed by atoms with E-state index < -0.39 is 9.84 Å². The van der Waals surface area contributed by atoms with Gasteiger partial charge in [-0.15, -0.1) is 0 Å². The van der Waals surface area contributed by atoms with Crippen LogP contribution in [0.25, 0.3) is 5.57 Å². The Balaban J connectivity index is 1.61. The van der Waals surface area contributed by atoms with E-state index in [0.29, 0.717) is 12.2 Å². The first kappa shape index (κ1) is 19.1. The largest absolute Gasteiger partial charge is 0.508 e. The van der Waals surface area contributed by atoms with Crippen molar-refractivity contribution in [2.24, 2.45) is 0 Å². The molecule has 1 amide bonds. The van der Waals surface area contributed by atoms with E-state index in [1.54, 1.807) is 30.3 Å². The molecule has 0 bridgehead atoms. The molecule has 6 nitrogen and oxygen atoms in total. The van der Waals surface area contributed by atoms with Crippen LogP contribution in [0.2, 0.25) is 0 Å². The van der Waals surface area contributed by atoms with Crippen molar-refractivity contribution in [3.63, 3.8) is 0 Å². The zero-order chi connectivity index (χ0) is 19.4. The summed E-state index contributed by atoms with van der Waals surface area (Å²) in [5.74, 6) is -0.00425. The van der Waals surface area contributed by atoms with Crippen LogP contribution in [0.4, 0.5) is 5.69 Å². The third kappa shape index (κ3) is 4.96. The molecule has 0 aliphatic carbocycles. The highest BCUT2D eigenvalue weighted by molar-refractivity contribution is 7.90. The van der Waals surface area contributed by atoms with Gasteiger partial charge in [-0.2, -0.15) is 0 Å². The van der Waals surface area contributed by atoms with Crippen molar-refractivity contribution in [2.45, 2.75) is 11.3 Å². The molecule has 2 aromatic rings. The number of sulfone groups is 1. The second kappa shape index (κ2) is 7.94. The number of aromatic hydroxyl groups is 1. The lowest BCUT2D eigenvalue weighted by Crippen LogP contribution is -2.36. The third-order valence-electron chi connectivity index (χ3n) is 4.46. The Kier molecular flexibility index (Phi) is 5.62. The zero-order valence-electron chi connectivity index (χ0n) is 15.1. The van der Waals surface area contributed by atoms with Crippen LogP contribution >= 0.6 is 0 Å². The van der Waals surface area contributed by atoms with Gasteiger partial charge < -0.3 is 10.4 Å². The van der Waals surface area contributed by atoms with Crippen LogP contribution in [-0.2, 0) is 14.6 Å². The smallest absolute Gasteiger partial charge is 0.238 e. The van der Waals surface area contributed by atoms with Crippen molar-refractivity contribution < 1.29 is 18.3 Å². The summed E-state index contributed by atoms with van der Waals surface area (Å²) in [6.45, 7) is 1.56. The highest BCUT2D eigenvalue weighted by Gasteiger charge is 2.18. The fraction of sp³-hybridized carbons (Fsp3) is 0.250. The number of hydrogen-bond acceptors (Lipinski definition) is 5. The minimum absolute atomic E-state index is 0.117. The summed E-state index contributed by atoms with van der Waals surface area (Å²) >= 11 is 0. The predicted molar refractivity (Wildman–Crippen MR) is 105 cm³/mol. The van der Waals surface area contributed by atoms with Gasteiger partial charge in [-0.3, -0.25) is 9.69 Å². The van der Waals surface area contributed by atoms with Crippen molar-refractivity contribution in [3.05, 3.63) is 60.2 Å². The Morgan fingerprint density at radius 2 is 1.85 bits per heavy atom. The van der Waals surface area contributed by atoms with Gasteiger partial charge in [0.25, 0.3) is 0 Å². The molecule has 2 N–H and O–H groups in total. The number of nitrogens with zero attached hydrogens (tertiary/aromatic N) is 1. The van der Waals surface area contributed by atoms with Gasteiger partial charge in [-0.1, -0.05) is 30.3 Å². The van der Waals surface area contributed by atoms with Crippen LogP contribution in [0.15, 0.2) is 59.5 Å². The highest BCUT2D eigenvalue weighted by Crippen LogP contribution is 2.24. The molecule has 0 unspecified atom stereocenters. The average molecular weight is 386 g/mol. The number of hydrogen-bond donors (Lipinski definition) is 2. The summed E-state index contributed by atoms with van der Waals surface area (Å²) in [6, 6.07) is 13.5. The molecular formula is C20H22N2O4S. The van der Waals surface area contributed by atoms with Crippen molar-refractivity contribution in [1.29, 1.82) is 0 Å². The van der Waals surface area contributed by atoms with Crippen molar-refractivity contribution >= 4 is 27.0 Å². The Bertz CT molecular complexity index is 966. The molecule has 0 saturated carbocycles. The van der Waals surface area contributed by atoms with Gasteiger partial charge in [0.15, 0.2) is 9.84 Å². The van der Waals surface area contributed by atoms with Crippen molar-refractivity contribution in [1.82, 2.24) is 4.90 Å². The van der Waals surface area contributed by atoms with E-state index in [0.717, 1.165) is 24.8 Å². The lowest BCUT2D eigenvalue weighted by Gasteiger charge is -2.26. The van der Waals surface area contributed by atoms with Crippen molar-refractivity contribution in [2.75, 3.05) is 31.2 Å². The van der Waals surface area contributed by atoms with Gasteiger partial charge in [0.05, 0.1) is 17.1 Å². The second-order valence-electron chi connectivity index (χ2n) is 6.58. The molecule has 1 aliphatic rings. The molecule has 0 aromatic heterocycles. The first-order valence-corrected chi connectivity index (χ1v) is 10.5. The highest BCUT2D eigenvalue weighted by atomic mass is 32.2. The topological polar surface area (TPSA) is 86.7 Å². The van der Waals surface area contributed by atoms with Gasteiger partial charge in [0.2, 0.25) is 5.91 Å². The standard InChI is InChI=1S/C20H22N2O4S/c1-27(25,26)19-5-3-2-4-18(19)21-20(24)14-22-12-10-16(11-13-22)15-6-8-17(23)9-7-15/h2-10,23H,11-14H2,1H3,(H,21,24). The van der Waals surface area contributed by atoms with Gasteiger partial charge in [0, 0.05) is 19.3 Å². The van der Waals surface area contributed by atoms with Gasteiger partial charge >= 0.3 is 0 Å². The van der Waals surface area contributed by atoms with Crippen molar-refractivity contribution in [3.8, 4) is 5.75 Å². The number of benzene rings is 2. The van der Waals surface area contributed by atoms with Crippen LogP contribution in [0.3, 0.4) is 0 Å². The molecule has 0 saturated heterocycles. The Morgan fingerprint density at radius 3 is 2.48 bits per heavy atom. The van der Waals surface area contributed by atoms with Gasteiger partial charge in [0.1, 0.15) is 5.75 Å². The number of rotatable bonds is 5. The summed E-state index contributed by atoms with van der Waals surface area (Å²) in [5.41, 5.74) is 2.57. The molecule has 0 spiro atoms. The zero-order valence-corrected chi connectivity index (χ0v) is 15.9. The maximum absolute atomic E-state index is 12.4. The molecule has 3 rings (SSSR count). The average Bonchev–Trinajstić information content (AvgIpc) is 2.62. The number of phenolic OH excluding ortho intramolecular Hbond substituents is 1. The number of carbonyl (C=O) groups excluding carboxylic acids is 1. The fourth-order valence-corrected chi connectivity index (χ4v) is 3.92. The molecule has 0 radical (unpaired) electrons. The van der Waals surface area contributed by atoms with Crippen LogP contribution < -0.4 is 5.32 Å². The number of phenols is 1. The predicted octanol–water partition coefficient (Wildman–Crippen LogP) is 2.52. The van der Waals surface area contributed by atoms with Gasteiger partial charge in [-0.05, 0) is 41.8 Å². The molecule has 2 aromatic carbocycles. The molecule has 1 aliphatic heterocycles. The summed E-state index contributed by atoms with van der Waals surface area (Å²) in [4.78, 5) is 14.5. The monoisotopic (exact) mass is 386 g/mol. The van der Waals surface area contributed by atoms with Gasteiger partial charge in [-0.25, -0.2) is 8.42 Å². The number of carbonyl (C=O) groups is 1. The molecule has 7 heteroatoms. The van der Waals surface area contributed by atoms with E-state index in [9.17, 15) is 18.3 Å². The SMILES string of the molecule is CS(=O)(=O)c1ccccc1NC(=O)CN1CC=C(c2ccc(O)cc2)CC1. The fourth-order valence-electron chi connectivity index (χ4n) is 3.08. The molecular weight excluding hydrogens is 364 g/mol. The molecule has 0 atom stereocenters. The quantitative estimate of drug-likeness (QED) is 0.825. The molecule has 142 valence electrons. The van der Waals surface area contributed by atoms with Crippen LogP contribution in [-0.4, -0.2) is 50.2 Å². The summed E-state index contributed by atoms with van der Waals surface area (Å²) < 4.78 is 23.7. The van der Waals surface area contributed by atoms with E-state index in [1.165, 1.54) is 11.6 Å². The normalized spacial score (nSPS) is 15.2. The lowest BCUT2D eigenvalue weighted by molar-refractivity contribution is -0.117. The summed E-state index contributed by atoms with van der Waals surface area (Å²) in [6.07, 6.45) is 4.00. The van der Waals surface area contributed by atoms with E-state index in [-0.39, 0.29) is 23.1 Å². The Morgan fingerprint density at radius 1 is 1.15 bits per heavy atom. The summed E-state index contributed by atoms with van der Waals surface area (Å²) in [7, 11) is -3.41. The Labute approximate surface area is 159 Å². The second-order valence-corrected chi connectivity index (χ2v) is 8.56. The molecule has 27 heavy (non-hydrogen) atoms. The van der Waals surface area contributed by atoms with E-state index in [4.69, 9.17) is 0 Å². The minimum Gasteiger partial charge on any atom is -0.508 e. The number of amides is 1. The van der Waals surface area contributed by atoms with E-state index in [1.807, 2.05) is 17.0 Å². The van der Waals surface area contributed by atoms with Crippen LogP contribution in [0.5, 0.6) is 5.75 Å².